The van der Waals surface area contributed by atoms with Crippen molar-refractivity contribution in [3.8, 4) is 0 Å². The third kappa shape index (κ3) is 2.06. The van der Waals surface area contributed by atoms with Crippen molar-refractivity contribution in [3.63, 3.8) is 0 Å². The van der Waals surface area contributed by atoms with Crippen molar-refractivity contribution in [1.82, 2.24) is 18.7 Å². The maximum absolute atomic E-state index is 12.1. The van der Waals surface area contributed by atoms with Crippen LogP contribution in [0.5, 0.6) is 0 Å². The quantitative estimate of drug-likeness (QED) is 0.576. The number of benzene rings is 2. The zero-order valence-corrected chi connectivity index (χ0v) is 13.7. The van der Waals surface area contributed by atoms with Crippen LogP contribution >= 0.6 is 12.2 Å². The third-order valence-electron chi connectivity index (χ3n) is 4.35. The third-order valence-corrected chi connectivity index (χ3v) is 4.67. The van der Waals surface area contributed by atoms with Crippen LogP contribution in [0.4, 0.5) is 0 Å². The summed E-state index contributed by atoms with van der Waals surface area (Å²) in [7, 11) is 3.57. The molecule has 0 saturated carbocycles. The average Bonchev–Trinajstić information content (AvgIpc) is 2.97. The summed E-state index contributed by atoms with van der Waals surface area (Å²) in [6.07, 6.45) is 0. The first-order chi connectivity index (χ1) is 11.1. The van der Waals surface area contributed by atoms with E-state index in [1.54, 1.807) is 23.2 Å². The fourth-order valence-electron chi connectivity index (χ4n) is 3.07. The van der Waals surface area contributed by atoms with Crippen molar-refractivity contribution >= 4 is 34.3 Å². The van der Waals surface area contributed by atoms with Gasteiger partial charge in [0.2, 0.25) is 0 Å². The Balaban J connectivity index is 2.00. The second kappa shape index (κ2) is 4.96. The van der Waals surface area contributed by atoms with Gasteiger partial charge in [0.25, 0.3) is 0 Å². The van der Waals surface area contributed by atoms with Gasteiger partial charge in [-0.15, -0.1) is 0 Å². The van der Waals surface area contributed by atoms with Crippen molar-refractivity contribution in [3.05, 3.63) is 63.3 Å². The number of aromatic nitrogens is 4. The molecular weight excluding hydrogens is 308 g/mol. The van der Waals surface area contributed by atoms with E-state index in [2.05, 4.69) is 21.7 Å². The van der Waals surface area contributed by atoms with Crippen molar-refractivity contribution in [2.45, 2.75) is 6.54 Å². The van der Waals surface area contributed by atoms with Crippen LogP contribution in [0.2, 0.25) is 0 Å². The fraction of sp³-hybridized carbons (Fsp3) is 0.176. The molecule has 5 nitrogen and oxygen atoms in total. The summed E-state index contributed by atoms with van der Waals surface area (Å²) in [5.74, 6) is 0. The van der Waals surface area contributed by atoms with Crippen molar-refractivity contribution in [2.24, 2.45) is 14.1 Å². The van der Waals surface area contributed by atoms with E-state index < -0.39 is 0 Å². The number of rotatable bonds is 2. The molecule has 4 rings (SSSR count). The molecule has 116 valence electrons. The Morgan fingerprint density at radius 2 is 1.65 bits per heavy atom. The Kier molecular flexibility index (Phi) is 3.02. The van der Waals surface area contributed by atoms with Crippen molar-refractivity contribution in [2.75, 3.05) is 0 Å². The van der Waals surface area contributed by atoms with Crippen LogP contribution in [0.3, 0.4) is 0 Å². The van der Waals surface area contributed by atoms with Crippen LogP contribution in [0, 0.1) is 4.77 Å². The Bertz CT molecular complexity index is 1140. The lowest BCUT2D eigenvalue weighted by molar-refractivity contribution is 0.794. The zero-order chi connectivity index (χ0) is 16.1. The molecule has 0 amide bonds. The van der Waals surface area contributed by atoms with Gasteiger partial charge in [-0.3, -0.25) is 9.13 Å². The van der Waals surface area contributed by atoms with Crippen LogP contribution in [0.25, 0.3) is 22.1 Å². The molecule has 0 bridgehead atoms. The van der Waals surface area contributed by atoms with Gasteiger partial charge >= 0.3 is 5.69 Å². The van der Waals surface area contributed by atoms with Crippen molar-refractivity contribution in [1.29, 1.82) is 0 Å². The first kappa shape index (κ1) is 14.0. The predicted octanol–water partition coefficient (Wildman–Crippen LogP) is 2.94. The molecular formula is C17H16N4OS. The van der Waals surface area contributed by atoms with E-state index in [9.17, 15) is 4.79 Å². The highest BCUT2D eigenvalue weighted by molar-refractivity contribution is 7.71. The molecule has 2 aromatic heterocycles. The Morgan fingerprint density at radius 1 is 1.00 bits per heavy atom. The number of fused-ring (bicyclic) bond motifs is 2. The largest absolute Gasteiger partial charge is 0.330 e. The summed E-state index contributed by atoms with van der Waals surface area (Å²) in [5.41, 5.74) is 4.91. The van der Waals surface area contributed by atoms with Crippen LogP contribution in [-0.2, 0) is 20.6 Å². The summed E-state index contributed by atoms with van der Waals surface area (Å²) >= 11 is 5.49. The van der Waals surface area contributed by atoms with Gasteiger partial charge in [0.1, 0.15) is 0 Å². The van der Waals surface area contributed by atoms with Crippen molar-refractivity contribution < 1.29 is 0 Å². The molecule has 6 heteroatoms. The fourth-order valence-corrected chi connectivity index (χ4v) is 3.35. The Labute approximate surface area is 137 Å². The predicted molar refractivity (Wildman–Crippen MR) is 94.4 cm³/mol. The molecule has 2 heterocycles. The van der Waals surface area contributed by atoms with Crippen LogP contribution in [0.15, 0.2) is 47.3 Å². The highest BCUT2D eigenvalue weighted by Crippen LogP contribution is 2.22. The zero-order valence-electron chi connectivity index (χ0n) is 12.9. The summed E-state index contributed by atoms with van der Waals surface area (Å²) in [4.78, 5) is 15.4. The lowest BCUT2D eigenvalue weighted by atomic mass is 10.2. The number of aryl methyl sites for hydroxylation is 2. The first-order valence-electron chi connectivity index (χ1n) is 7.38. The van der Waals surface area contributed by atoms with Gasteiger partial charge in [-0.25, -0.2) is 4.79 Å². The van der Waals surface area contributed by atoms with E-state index in [-0.39, 0.29) is 5.69 Å². The minimum Gasteiger partial charge on any atom is -0.330 e. The van der Waals surface area contributed by atoms with E-state index >= 15 is 0 Å². The molecule has 1 N–H and O–H groups in total. The van der Waals surface area contributed by atoms with E-state index in [0.29, 0.717) is 11.3 Å². The number of aromatic amines is 1. The van der Waals surface area contributed by atoms with Crippen LogP contribution in [0.1, 0.15) is 5.56 Å². The molecule has 0 radical (unpaired) electrons. The van der Waals surface area contributed by atoms with E-state index in [1.165, 1.54) is 5.56 Å². The molecule has 23 heavy (non-hydrogen) atoms. The molecule has 0 atom stereocenters. The molecule has 0 spiro atoms. The number of nitrogens with one attached hydrogen (secondary N) is 1. The molecule has 0 aliphatic rings. The van der Waals surface area contributed by atoms with Crippen LogP contribution < -0.4 is 5.69 Å². The number of hydrogen-bond donors (Lipinski definition) is 1. The van der Waals surface area contributed by atoms with Gasteiger partial charge in [0, 0.05) is 14.1 Å². The standard InChI is InChI=1S/C17H16N4OS/c1-19-14-8-12-13(9-15(14)20(2)17(19)22)21(16(23)18-12)10-11-6-4-3-5-7-11/h3-9H,10H2,1-2H3,(H,18,23). The topological polar surface area (TPSA) is 47.6 Å². The highest BCUT2D eigenvalue weighted by atomic mass is 32.1. The number of H-pyrrole nitrogens is 1. The molecule has 0 unspecified atom stereocenters. The smallest absolute Gasteiger partial charge is 0.328 e. The minimum absolute atomic E-state index is 0.0270. The summed E-state index contributed by atoms with van der Waals surface area (Å²) in [6, 6.07) is 14.2. The van der Waals surface area contributed by atoms with Gasteiger partial charge in [-0.1, -0.05) is 30.3 Å². The summed E-state index contributed by atoms with van der Waals surface area (Å²) in [6.45, 7) is 0.700. The molecule has 2 aromatic carbocycles. The second-order valence-electron chi connectivity index (χ2n) is 5.76. The van der Waals surface area contributed by atoms with E-state index in [1.807, 2.05) is 30.3 Å². The maximum atomic E-state index is 12.1. The molecule has 0 saturated heterocycles. The minimum atomic E-state index is -0.0270. The molecule has 0 fully saturated rings. The highest BCUT2D eigenvalue weighted by Gasteiger charge is 2.12. The van der Waals surface area contributed by atoms with Gasteiger partial charge in [-0.2, -0.15) is 0 Å². The van der Waals surface area contributed by atoms with Gasteiger partial charge < -0.3 is 9.55 Å². The van der Waals surface area contributed by atoms with Gasteiger partial charge in [0.15, 0.2) is 4.77 Å². The molecule has 0 aliphatic carbocycles. The van der Waals surface area contributed by atoms with Gasteiger partial charge in [-0.05, 0) is 29.9 Å². The second-order valence-corrected chi connectivity index (χ2v) is 6.15. The lowest BCUT2D eigenvalue weighted by Crippen LogP contribution is -2.19. The van der Waals surface area contributed by atoms with E-state index in [4.69, 9.17) is 12.2 Å². The van der Waals surface area contributed by atoms with Gasteiger partial charge in [0.05, 0.1) is 28.6 Å². The summed E-state index contributed by atoms with van der Waals surface area (Å²) in [5, 5.41) is 0. The average molecular weight is 324 g/mol. The number of hydrogen-bond acceptors (Lipinski definition) is 2. The number of nitrogens with zero attached hydrogens (tertiary/aromatic N) is 3. The summed E-state index contributed by atoms with van der Waals surface area (Å²) < 4.78 is 6.07. The lowest BCUT2D eigenvalue weighted by Gasteiger charge is -2.05. The number of imidazole rings is 2. The normalized spacial score (nSPS) is 11.6. The Morgan fingerprint density at radius 3 is 2.35 bits per heavy atom. The maximum Gasteiger partial charge on any atom is 0.328 e. The first-order valence-corrected chi connectivity index (χ1v) is 7.79. The van der Waals surface area contributed by atoms with E-state index in [0.717, 1.165) is 22.1 Å². The SMILES string of the molecule is Cn1c(=O)n(C)c2cc3c(cc21)[nH]c(=S)n3Cc1ccccc1. The Hall–Kier alpha value is -2.60. The molecule has 4 aromatic rings. The molecule has 0 aliphatic heterocycles. The monoisotopic (exact) mass is 324 g/mol. The van der Waals surface area contributed by atoms with Crippen LogP contribution in [-0.4, -0.2) is 18.7 Å².